The van der Waals surface area contributed by atoms with Crippen LogP contribution < -0.4 is 5.32 Å². The number of nitrogens with zero attached hydrogens (tertiary/aromatic N) is 2. The van der Waals surface area contributed by atoms with Gasteiger partial charge in [0.25, 0.3) is 0 Å². The average Bonchev–Trinajstić information content (AvgIpc) is 2.77. The fourth-order valence-corrected chi connectivity index (χ4v) is 4.09. The summed E-state index contributed by atoms with van der Waals surface area (Å²) >= 11 is 0. The first-order chi connectivity index (χ1) is 10.2. The number of benzene rings is 1. The molecule has 0 saturated carbocycles. The van der Waals surface area contributed by atoms with Crippen molar-refractivity contribution in [1.82, 2.24) is 9.97 Å². The number of sulfone groups is 1. The van der Waals surface area contributed by atoms with Crippen molar-refractivity contribution < 1.29 is 21.6 Å². The number of nitrogens with one attached hydrogen (secondary N) is 1. The molecule has 9 heteroatoms. The van der Waals surface area contributed by atoms with Gasteiger partial charge in [0.15, 0.2) is 9.84 Å². The number of fused-ring (bicyclic) bond motifs is 1. The van der Waals surface area contributed by atoms with Gasteiger partial charge in [-0.05, 0) is 18.6 Å². The minimum absolute atomic E-state index is 0.0139. The van der Waals surface area contributed by atoms with Crippen LogP contribution in [0, 0.1) is 0 Å². The molecule has 1 saturated heterocycles. The molecule has 2 aromatic rings. The molecule has 118 valence electrons. The first-order valence-electron chi connectivity index (χ1n) is 6.55. The van der Waals surface area contributed by atoms with E-state index in [1.807, 2.05) is 0 Å². The van der Waals surface area contributed by atoms with Crippen LogP contribution in [-0.2, 0) is 16.0 Å². The lowest BCUT2D eigenvalue weighted by atomic mass is 10.2. The van der Waals surface area contributed by atoms with Crippen molar-refractivity contribution in [2.45, 2.75) is 18.6 Å². The van der Waals surface area contributed by atoms with Crippen LogP contribution in [0.5, 0.6) is 0 Å². The highest BCUT2D eigenvalue weighted by atomic mass is 32.2. The van der Waals surface area contributed by atoms with Crippen LogP contribution in [0.4, 0.5) is 19.0 Å². The third-order valence-corrected chi connectivity index (χ3v) is 5.20. The van der Waals surface area contributed by atoms with E-state index < -0.39 is 27.9 Å². The van der Waals surface area contributed by atoms with E-state index >= 15 is 0 Å². The first-order valence-corrected chi connectivity index (χ1v) is 8.38. The van der Waals surface area contributed by atoms with Gasteiger partial charge in [-0.25, -0.2) is 18.4 Å². The molecule has 0 bridgehead atoms. The maximum Gasteiger partial charge on any atom is 0.451 e. The molecule has 1 aliphatic heterocycles. The zero-order valence-corrected chi connectivity index (χ0v) is 12.1. The van der Waals surface area contributed by atoms with E-state index in [0.717, 1.165) is 0 Å². The molecule has 0 unspecified atom stereocenters. The molecule has 0 amide bonds. The molecule has 0 spiro atoms. The summed E-state index contributed by atoms with van der Waals surface area (Å²) < 4.78 is 61.6. The van der Waals surface area contributed by atoms with Crippen molar-refractivity contribution in [3.63, 3.8) is 0 Å². The zero-order chi connectivity index (χ0) is 16.0. The van der Waals surface area contributed by atoms with Gasteiger partial charge < -0.3 is 5.32 Å². The van der Waals surface area contributed by atoms with Gasteiger partial charge in [-0.3, -0.25) is 0 Å². The van der Waals surface area contributed by atoms with Gasteiger partial charge in [-0.15, -0.1) is 0 Å². The Morgan fingerprint density at radius 3 is 2.55 bits per heavy atom. The second-order valence-electron chi connectivity index (χ2n) is 5.16. The summed E-state index contributed by atoms with van der Waals surface area (Å²) in [5.41, 5.74) is 0.160. The lowest BCUT2D eigenvalue weighted by Crippen LogP contribution is -2.23. The quantitative estimate of drug-likeness (QED) is 0.914. The van der Waals surface area contributed by atoms with Gasteiger partial charge >= 0.3 is 6.18 Å². The standard InChI is InChI=1S/C13H12F3N3O2S/c14-13(15,16)12-18-10-4-2-1-3-9(10)11(19-12)17-8-5-6-22(20,21)7-8/h1-4,8H,5-7H2,(H,17,18,19)/t8-/m0/s1. The Kier molecular flexibility index (Phi) is 3.47. The number of anilines is 1. The summed E-state index contributed by atoms with van der Waals surface area (Å²) in [4.78, 5) is 7.06. The van der Waals surface area contributed by atoms with E-state index in [1.54, 1.807) is 18.2 Å². The van der Waals surface area contributed by atoms with Gasteiger partial charge in [-0.1, -0.05) is 12.1 Å². The molecule has 1 N–H and O–H groups in total. The summed E-state index contributed by atoms with van der Waals surface area (Å²) in [6, 6.07) is 5.86. The average molecular weight is 331 g/mol. The predicted molar refractivity (Wildman–Crippen MR) is 75.2 cm³/mol. The fraction of sp³-hybridized carbons (Fsp3) is 0.385. The van der Waals surface area contributed by atoms with E-state index in [4.69, 9.17) is 0 Å². The Hall–Kier alpha value is -1.90. The van der Waals surface area contributed by atoms with Crippen LogP contribution in [0.3, 0.4) is 0 Å². The van der Waals surface area contributed by atoms with Crippen LogP contribution in [-0.4, -0.2) is 35.9 Å². The van der Waals surface area contributed by atoms with Crippen LogP contribution in [0.15, 0.2) is 24.3 Å². The monoisotopic (exact) mass is 331 g/mol. The minimum Gasteiger partial charge on any atom is -0.366 e. The number of rotatable bonds is 2. The lowest BCUT2D eigenvalue weighted by Gasteiger charge is -2.15. The first kappa shape index (κ1) is 15.0. The van der Waals surface area contributed by atoms with E-state index in [0.29, 0.717) is 11.8 Å². The summed E-state index contributed by atoms with van der Waals surface area (Å²) in [7, 11) is -3.14. The molecule has 1 fully saturated rings. The van der Waals surface area contributed by atoms with Crippen molar-refractivity contribution in [2.75, 3.05) is 16.8 Å². The normalized spacial score (nSPS) is 21.1. The Morgan fingerprint density at radius 1 is 1.18 bits per heavy atom. The Balaban J connectivity index is 2.04. The Morgan fingerprint density at radius 2 is 1.91 bits per heavy atom. The largest absolute Gasteiger partial charge is 0.451 e. The maximum absolute atomic E-state index is 12.9. The second kappa shape index (κ2) is 5.08. The Bertz CT molecular complexity index is 821. The predicted octanol–water partition coefficient (Wildman–Crippen LogP) is 2.25. The van der Waals surface area contributed by atoms with E-state index in [9.17, 15) is 21.6 Å². The molecule has 1 aromatic carbocycles. The highest BCUT2D eigenvalue weighted by Gasteiger charge is 2.36. The summed E-state index contributed by atoms with van der Waals surface area (Å²) in [6.07, 6.45) is -4.32. The number of hydrogen-bond donors (Lipinski definition) is 1. The van der Waals surface area contributed by atoms with Gasteiger partial charge in [-0.2, -0.15) is 13.2 Å². The van der Waals surface area contributed by atoms with Crippen molar-refractivity contribution in [3.8, 4) is 0 Å². The zero-order valence-electron chi connectivity index (χ0n) is 11.3. The highest BCUT2D eigenvalue weighted by molar-refractivity contribution is 7.91. The number of alkyl halides is 3. The van der Waals surface area contributed by atoms with Crippen LogP contribution in [0.1, 0.15) is 12.2 Å². The summed E-state index contributed by atoms with van der Waals surface area (Å²) in [5.74, 6) is -1.30. The Labute approximate surface area is 124 Å². The molecule has 5 nitrogen and oxygen atoms in total. The molecule has 0 radical (unpaired) electrons. The van der Waals surface area contributed by atoms with Crippen LogP contribution >= 0.6 is 0 Å². The van der Waals surface area contributed by atoms with E-state index in [-0.39, 0.29) is 22.8 Å². The number of halogens is 3. The molecule has 22 heavy (non-hydrogen) atoms. The third kappa shape index (κ3) is 2.99. The number of para-hydroxylation sites is 1. The lowest BCUT2D eigenvalue weighted by molar-refractivity contribution is -0.144. The molecular weight excluding hydrogens is 319 g/mol. The second-order valence-corrected chi connectivity index (χ2v) is 7.38. The third-order valence-electron chi connectivity index (χ3n) is 3.43. The number of hydrogen-bond acceptors (Lipinski definition) is 5. The van der Waals surface area contributed by atoms with E-state index in [1.165, 1.54) is 6.07 Å². The van der Waals surface area contributed by atoms with Gasteiger partial charge in [0, 0.05) is 11.4 Å². The molecule has 1 aromatic heterocycles. The van der Waals surface area contributed by atoms with Crippen molar-refractivity contribution >= 4 is 26.6 Å². The minimum atomic E-state index is -4.66. The van der Waals surface area contributed by atoms with Crippen LogP contribution in [0.25, 0.3) is 10.9 Å². The summed E-state index contributed by atoms with van der Waals surface area (Å²) in [5, 5.41) is 3.25. The highest BCUT2D eigenvalue weighted by Crippen LogP contribution is 2.31. The molecule has 0 aliphatic carbocycles. The molecule has 1 aliphatic rings. The van der Waals surface area contributed by atoms with Crippen molar-refractivity contribution in [2.24, 2.45) is 0 Å². The van der Waals surface area contributed by atoms with Crippen molar-refractivity contribution in [1.29, 1.82) is 0 Å². The molecular formula is C13H12F3N3O2S. The van der Waals surface area contributed by atoms with Gasteiger partial charge in [0.05, 0.1) is 17.0 Å². The van der Waals surface area contributed by atoms with Crippen LogP contribution in [0.2, 0.25) is 0 Å². The van der Waals surface area contributed by atoms with E-state index in [2.05, 4.69) is 15.3 Å². The molecule has 3 rings (SSSR count). The van der Waals surface area contributed by atoms with Gasteiger partial charge in [0.2, 0.25) is 5.82 Å². The number of aromatic nitrogens is 2. The summed E-state index contributed by atoms with van der Waals surface area (Å²) in [6.45, 7) is 0. The topological polar surface area (TPSA) is 72.0 Å². The maximum atomic E-state index is 12.9. The molecule has 1 atom stereocenters. The fourth-order valence-electron chi connectivity index (χ4n) is 2.42. The van der Waals surface area contributed by atoms with Gasteiger partial charge in [0.1, 0.15) is 5.82 Å². The molecule has 2 heterocycles. The SMILES string of the molecule is O=S1(=O)CC[C@H](Nc2nc(C(F)(F)F)nc3ccccc23)C1. The smallest absolute Gasteiger partial charge is 0.366 e. The van der Waals surface area contributed by atoms with Crippen molar-refractivity contribution in [3.05, 3.63) is 30.1 Å².